The predicted octanol–water partition coefficient (Wildman–Crippen LogP) is -0.793. The fourth-order valence-electron chi connectivity index (χ4n) is 1.26. The van der Waals surface area contributed by atoms with Gasteiger partial charge in [0.05, 0.1) is 13.2 Å². The van der Waals surface area contributed by atoms with Crippen molar-refractivity contribution in [2.24, 2.45) is 0 Å². The summed E-state index contributed by atoms with van der Waals surface area (Å²) in [6, 6.07) is 0. The number of hydrogen-bond donors (Lipinski definition) is 2. The average Bonchev–Trinajstić information content (AvgIpc) is 2.29. The molecule has 2 N–H and O–H groups in total. The van der Waals surface area contributed by atoms with Crippen molar-refractivity contribution in [1.29, 1.82) is 0 Å². The van der Waals surface area contributed by atoms with Crippen LogP contribution in [-0.2, 0) is 14.3 Å². The lowest BCUT2D eigenvalue weighted by atomic mass is 10.3. The van der Waals surface area contributed by atoms with Gasteiger partial charge in [-0.25, -0.2) is 0 Å². The minimum Gasteiger partial charge on any atom is -0.383 e. The molecule has 0 bridgehead atoms. The van der Waals surface area contributed by atoms with Gasteiger partial charge in [0.15, 0.2) is 0 Å². The molecule has 0 fully saturated rings. The summed E-state index contributed by atoms with van der Waals surface area (Å²) in [4.78, 5) is 24.4. The Bertz CT molecular complexity index is 234. The normalized spacial score (nSPS) is 10.1. The molecule has 0 radical (unpaired) electrons. The molecule has 6 nitrogen and oxygen atoms in total. The van der Waals surface area contributed by atoms with Gasteiger partial charge in [0.25, 0.3) is 0 Å². The fourth-order valence-corrected chi connectivity index (χ4v) is 1.26. The first kappa shape index (κ1) is 15.9. The van der Waals surface area contributed by atoms with Gasteiger partial charge in [0.1, 0.15) is 0 Å². The summed E-state index contributed by atoms with van der Waals surface area (Å²) in [7, 11) is 5.05. The Morgan fingerprint density at radius 2 is 2.00 bits per heavy atom. The van der Waals surface area contributed by atoms with Gasteiger partial charge in [0, 0.05) is 27.1 Å². The van der Waals surface area contributed by atoms with Crippen LogP contribution in [-0.4, -0.2) is 64.2 Å². The lowest BCUT2D eigenvalue weighted by molar-refractivity contribution is -0.134. The molecule has 0 atom stereocenters. The van der Waals surface area contributed by atoms with E-state index in [4.69, 9.17) is 4.74 Å². The van der Waals surface area contributed by atoms with Gasteiger partial charge in [-0.3, -0.25) is 9.59 Å². The van der Waals surface area contributed by atoms with Crippen molar-refractivity contribution >= 4 is 11.8 Å². The molecule has 0 aliphatic rings. The van der Waals surface area contributed by atoms with E-state index in [1.165, 1.54) is 4.90 Å². The van der Waals surface area contributed by atoms with E-state index < -0.39 is 0 Å². The van der Waals surface area contributed by atoms with Crippen molar-refractivity contribution in [2.45, 2.75) is 12.8 Å². The maximum Gasteiger partial charge on any atom is 0.239 e. The van der Waals surface area contributed by atoms with Crippen molar-refractivity contribution in [3.63, 3.8) is 0 Å². The number of carbonyl (C=O) groups is 2. The first-order valence-corrected chi connectivity index (χ1v) is 5.76. The summed E-state index contributed by atoms with van der Waals surface area (Å²) >= 11 is 0. The number of ether oxygens (including phenoxy) is 1. The SMILES string of the molecule is CNCCCC(=O)N(C)CC(=O)NCCOC. The molecule has 0 heterocycles. The molecule has 0 saturated heterocycles. The predicted molar refractivity (Wildman–Crippen MR) is 65.7 cm³/mol. The van der Waals surface area contributed by atoms with Gasteiger partial charge in [-0.05, 0) is 20.0 Å². The largest absolute Gasteiger partial charge is 0.383 e. The highest BCUT2D eigenvalue weighted by Gasteiger charge is 2.11. The summed E-state index contributed by atoms with van der Waals surface area (Å²) in [6.45, 7) is 1.85. The van der Waals surface area contributed by atoms with E-state index >= 15 is 0 Å². The van der Waals surface area contributed by atoms with E-state index in [9.17, 15) is 9.59 Å². The lowest BCUT2D eigenvalue weighted by Crippen LogP contribution is -2.39. The molecule has 2 amide bonds. The fraction of sp³-hybridized carbons (Fsp3) is 0.818. The molecule has 0 aliphatic carbocycles. The van der Waals surface area contributed by atoms with Crippen LogP contribution in [0.4, 0.5) is 0 Å². The van der Waals surface area contributed by atoms with Crippen LogP contribution in [0.2, 0.25) is 0 Å². The van der Waals surface area contributed by atoms with Crippen LogP contribution in [0.5, 0.6) is 0 Å². The molecule has 0 aromatic heterocycles. The van der Waals surface area contributed by atoms with Crippen molar-refractivity contribution in [2.75, 3.05) is 47.4 Å². The minimum absolute atomic E-state index is 0.0119. The zero-order valence-corrected chi connectivity index (χ0v) is 10.9. The number of hydrogen-bond acceptors (Lipinski definition) is 4. The van der Waals surface area contributed by atoms with E-state index in [2.05, 4.69) is 10.6 Å². The number of amides is 2. The lowest BCUT2D eigenvalue weighted by Gasteiger charge is -2.16. The van der Waals surface area contributed by atoms with Crippen LogP contribution in [0.25, 0.3) is 0 Å². The zero-order valence-electron chi connectivity index (χ0n) is 10.9. The van der Waals surface area contributed by atoms with Gasteiger partial charge in [-0.15, -0.1) is 0 Å². The van der Waals surface area contributed by atoms with Crippen LogP contribution in [0, 0.1) is 0 Å². The standard InChI is InChI=1S/C11H23N3O3/c1-12-6-4-5-11(16)14(2)9-10(15)13-7-8-17-3/h12H,4-9H2,1-3H3,(H,13,15). The van der Waals surface area contributed by atoms with Crippen LogP contribution >= 0.6 is 0 Å². The number of likely N-dealkylation sites (N-methyl/N-ethyl adjacent to an activating group) is 1. The first-order valence-electron chi connectivity index (χ1n) is 5.76. The van der Waals surface area contributed by atoms with Crippen molar-refractivity contribution in [1.82, 2.24) is 15.5 Å². The minimum atomic E-state index is -0.161. The highest BCUT2D eigenvalue weighted by molar-refractivity contribution is 5.84. The van der Waals surface area contributed by atoms with Gasteiger partial charge in [-0.2, -0.15) is 0 Å². The van der Waals surface area contributed by atoms with Gasteiger partial charge >= 0.3 is 0 Å². The summed E-state index contributed by atoms with van der Waals surface area (Å²) in [5.74, 6) is -0.173. The highest BCUT2D eigenvalue weighted by atomic mass is 16.5. The Morgan fingerprint density at radius 1 is 1.29 bits per heavy atom. The summed E-state index contributed by atoms with van der Waals surface area (Å²) in [5.41, 5.74) is 0. The molecule has 0 saturated carbocycles. The third-order valence-electron chi connectivity index (χ3n) is 2.25. The Kier molecular flexibility index (Phi) is 9.37. The summed E-state index contributed by atoms with van der Waals surface area (Å²) in [5, 5.41) is 5.64. The topological polar surface area (TPSA) is 70.7 Å². The molecular formula is C11H23N3O3. The second-order valence-electron chi connectivity index (χ2n) is 3.80. The quantitative estimate of drug-likeness (QED) is 0.522. The molecule has 0 rings (SSSR count). The first-order chi connectivity index (χ1) is 8.11. The maximum absolute atomic E-state index is 11.6. The van der Waals surface area contributed by atoms with Gasteiger partial charge in [-0.1, -0.05) is 0 Å². The molecule has 17 heavy (non-hydrogen) atoms. The molecule has 0 spiro atoms. The van der Waals surface area contributed by atoms with Crippen LogP contribution in [0.15, 0.2) is 0 Å². The highest BCUT2D eigenvalue weighted by Crippen LogP contribution is 1.94. The molecule has 0 unspecified atom stereocenters. The number of nitrogens with zero attached hydrogens (tertiary/aromatic N) is 1. The van der Waals surface area contributed by atoms with Gasteiger partial charge < -0.3 is 20.3 Å². The summed E-state index contributed by atoms with van der Waals surface area (Å²) < 4.78 is 4.81. The second kappa shape index (κ2) is 10.0. The van der Waals surface area contributed by atoms with Crippen molar-refractivity contribution < 1.29 is 14.3 Å². The molecule has 100 valence electrons. The third kappa shape index (κ3) is 8.65. The smallest absolute Gasteiger partial charge is 0.239 e. The van der Waals surface area contributed by atoms with E-state index in [0.29, 0.717) is 19.6 Å². The third-order valence-corrected chi connectivity index (χ3v) is 2.25. The second-order valence-corrected chi connectivity index (χ2v) is 3.80. The van der Waals surface area contributed by atoms with Crippen LogP contribution < -0.4 is 10.6 Å². The number of carbonyl (C=O) groups excluding carboxylic acids is 2. The Balaban J connectivity index is 3.71. The Hall–Kier alpha value is -1.14. The molecular weight excluding hydrogens is 222 g/mol. The number of nitrogens with one attached hydrogen (secondary N) is 2. The molecule has 6 heteroatoms. The molecule has 0 aromatic carbocycles. The zero-order chi connectivity index (χ0) is 13.1. The van der Waals surface area contributed by atoms with Crippen LogP contribution in [0.1, 0.15) is 12.8 Å². The van der Waals surface area contributed by atoms with Crippen LogP contribution in [0.3, 0.4) is 0 Å². The van der Waals surface area contributed by atoms with Crippen molar-refractivity contribution in [3.8, 4) is 0 Å². The average molecular weight is 245 g/mol. The number of methoxy groups -OCH3 is 1. The summed E-state index contributed by atoms with van der Waals surface area (Å²) in [6.07, 6.45) is 1.24. The Morgan fingerprint density at radius 3 is 2.59 bits per heavy atom. The van der Waals surface area contributed by atoms with E-state index in [0.717, 1.165) is 13.0 Å². The van der Waals surface area contributed by atoms with E-state index in [1.54, 1.807) is 14.2 Å². The van der Waals surface area contributed by atoms with Crippen molar-refractivity contribution in [3.05, 3.63) is 0 Å². The number of rotatable bonds is 9. The van der Waals surface area contributed by atoms with E-state index in [-0.39, 0.29) is 18.4 Å². The van der Waals surface area contributed by atoms with Gasteiger partial charge in [0.2, 0.25) is 11.8 Å². The maximum atomic E-state index is 11.6. The molecule has 0 aliphatic heterocycles. The monoisotopic (exact) mass is 245 g/mol. The Labute approximate surface area is 103 Å². The van der Waals surface area contributed by atoms with E-state index in [1.807, 2.05) is 7.05 Å². The molecule has 0 aromatic rings.